The number of amides is 1. The van der Waals surface area contributed by atoms with Crippen molar-refractivity contribution in [2.24, 2.45) is 16.6 Å². The molecule has 0 heterocycles. The third-order valence-corrected chi connectivity index (χ3v) is 4.32. The van der Waals surface area contributed by atoms with Crippen LogP contribution in [0.15, 0.2) is 40.5 Å². The van der Waals surface area contributed by atoms with Gasteiger partial charge in [0.1, 0.15) is 5.70 Å². The summed E-state index contributed by atoms with van der Waals surface area (Å²) in [5, 5.41) is 3.55. The molecule has 0 saturated heterocycles. The van der Waals surface area contributed by atoms with Gasteiger partial charge >= 0.3 is 0 Å². The fraction of sp³-hybridized carbons (Fsp3) is 0.474. The Balaban J connectivity index is 2.93. The first-order valence-electron chi connectivity index (χ1n) is 8.42. The first kappa shape index (κ1) is 20.2. The molecule has 1 atom stereocenters. The quantitative estimate of drug-likeness (QED) is 0.548. The summed E-state index contributed by atoms with van der Waals surface area (Å²) in [6.07, 6.45) is 2.62. The third-order valence-electron chi connectivity index (χ3n) is 4.07. The number of carbonyl (C=O) groups is 1. The highest BCUT2D eigenvalue weighted by molar-refractivity contribution is 6.30. The highest BCUT2D eigenvalue weighted by atomic mass is 35.5. The molecule has 1 rings (SSSR count). The van der Waals surface area contributed by atoms with Crippen LogP contribution in [-0.2, 0) is 11.3 Å². The van der Waals surface area contributed by atoms with Gasteiger partial charge in [-0.25, -0.2) is 0 Å². The molecule has 24 heavy (non-hydrogen) atoms. The largest absolute Gasteiger partial charge is 0.394 e. The van der Waals surface area contributed by atoms with Gasteiger partial charge in [0, 0.05) is 29.9 Å². The second-order valence-electron chi connectivity index (χ2n) is 5.87. The molecular weight excluding hydrogens is 322 g/mol. The number of nitrogens with two attached hydrogens (primary N) is 1. The molecule has 1 aromatic rings. The maximum Gasteiger partial charge on any atom is 0.267 e. The summed E-state index contributed by atoms with van der Waals surface area (Å²) >= 11 is 5.87. The van der Waals surface area contributed by atoms with Gasteiger partial charge in [-0.1, -0.05) is 50.9 Å². The van der Waals surface area contributed by atoms with Gasteiger partial charge in [0.15, 0.2) is 0 Å². The number of nitrogens with one attached hydrogen (secondary N) is 1. The first-order chi connectivity index (χ1) is 11.4. The Morgan fingerprint density at radius 3 is 2.42 bits per heavy atom. The van der Waals surface area contributed by atoms with E-state index in [1.54, 1.807) is 19.2 Å². The van der Waals surface area contributed by atoms with Gasteiger partial charge in [-0.2, -0.15) is 0 Å². The van der Waals surface area contributed by atoms with E-state index in [1.807, 2.05) is 12.1 Å². The van der Waals surface area contributed by atoms with E-state index in [9.17, 15) is 4.79 Å². The minimum Gasteiger partial charge on any atom is -0.394 e. The molecule has 0 aromatic heterocycles. The van der Waals surface area contributed by atoms with Crippen molar-refractivity contribution in [1.82, 2.24) is 5.32 Å². The lowest BCUT2D eigenvalue weighted by atomic mass is 9.91. The monoisotopic (exact) mass is 349 g/mol. The Kier molecular flexibility index (Phi) is 8.55. The molecule has 4 nitrogen and oxygen atoms in total. The lowest BCUT2D eigenvalue weighted by Gasteiger charge is -2.18. The van der Waals surface area contributed by atoms with Gasteiger partial charge in [0.25, 0.3) is 5.91 Å². The molecule has 0 radical (unpaired) electrons. The van der Waals surface area contributed by atoms with Crippen molar-refractivity contribution in [3.63, 3.8) is 0 Å². The van der Waals surface area contributed by atoms with Crippen molar-refractivity contribution in [2.45, 2.75) is 46.6 Å². The van der Waals surface area contributed by atoms with Crippen molar-refractivity contribution in [3.8, 4) is 0 Å². The van der Waals surface area contributed by atoms with E-state index in [1.165, 1.54) is 0 Å². The highest BCUT2D eigenvalue weighted by Crippen LogP contribution is 2.19. The molecule has 0 aliphatic rings. The topological polar surface area (TPSA) is 67.5 Å². The van der Waals surface area contributed by atoms with Crippen LogP contribution in [0.2, 0.25) is 5.02 Å². The van der Waals surface area contributed by atoms with Crippen LogP contribution < -0.4 is 11.1 Å². The van der Waals surface area contributed by atoms with Crippen LogP contribution in [0.3, 0.4) is 0 Å². The Bertz CT molecular complexity index is 606. The van der Waals surface area contributed by atoms with Crippen LogP contribution >= 0.6 is 11.6 Å². The fourth-order valence-electron chi connectivity index (χ4n) is 2.51. The zero-order valence-corrected chi connectivity index (χ0v) is 15.8. The predicted molar refractivity (Wildman–Crippen MR) is 102 cm³/mol. The Morgan fingerprint density at radius 1 is 1.29 bits per heavy atom. The summed E-state index contributed by atoms with van der Waals surface area (Å²) in [6.45, 7) is 6.70. The standard InChI is InChI=1S/C19H28ClN3O/c1-5-7-16(18(22-4)13(3)6-2)17(21)19(24)23-12-14-8-10-15(20)11-9-14/h8-11,13H,5-7,12,21H2,1-4H3,(H,23,24)/b17-16-,22-18?. The number of allylic oxidation sites excluding steroid dienone is 1. The number of halogens is 1. The van der Waals surface area contributed by atoms with Crippen LogP contribution in [0, 0.1) is 5.92 Å². The van der Waals surface area contributed by atoms with E-state index < -0.39 is 0 Å². The smallest absolute Gasteiger partial charge is 0.267 e. The molecule has 5 heteroatoms. The number of aliphatic imine (C=N–C) groups is 1. The van der Waals surface area contributed by atoms with E-state index in [-0.39, 0.29) is 17.5 Å². The Morgan fingerprint density at radius 2 is 1.92 bits per heavy atom. The zero-order valence-electron chi connectivity index (χ0n) is 15.0. The van der Waals surface area contributed by atoms with E-state index in [2.05, 4.69) is 31.1 Å². The van der Waals surface area contributed by atoms with Gasteiger partial charge in [-0.15, -0.1) is 0 Å². The average Bonchev–Trinajstić information content (AvgIpc) is 2.59. The van der Waals surface area contributed by atoms with Crippen molar-refractivity contribution in [1.29, 1.82) is 0 Å². The van der Waals surface area contributed by atoms with E-state index >= 15 is 0 Å². The van der Waals surface area contributed by atoms with Gasteiger partial charge in [0.2, 0.25) is 0 Å². The SMILES string of the molecule is CCC/C(C(=NC)C(C)CC)=C(/N)C(=O)NCc1ccc(Cl)cc1. The maximum absolute atomic E-state index is 12.5. The number of benzene rings is 1. The van der Waals surface area contributed by atoms with Crippen LogP contribution in [-0.4, -0.2) is 18.7 Å². The third kappa shape index (κ3) is 5.68. The Hall–Kier alpha value is -1.81. The predicted octanol–water partition coefficient (Wildman–Crippen LogP) is 4.09. The normalized spacial score (nSPS) is 14.1. The summed E-state index contributed by atoms with van der Waals surface area (Å²) in [7, 11) is 1.76. The summed E-state index contributed by atoms with van der Waals surface area (Å²) in [6, 6.07) is 7.37. The molecule has 1 aromatic carbocycles. The second kappa shape index (κ2) is 10.1. The number of nitrogens with zero attached hydrogens (tertiary/aromatic N) is 1. The van der Waals surface area contributed by atoms with Crippen molar-refractivity contribution in [3.05, 3.63) is 46.1 Å². The van der Waals surface area contributed by atoms with Gasteiger partial charge in [0.05, 0.1) is 0 Å². The van der Waals surface area contributed by atoms with E-state index in [4.69, 9.17) is 17.3 Å². The fourth-order valence-corrected chi connectivity index (χ4v) is 2.64. The van der Waals surface area contributed by atoms with E-state index in [0.29, 0.717) is 11.6 Å². The maximum atomic E-state index is 12.5. The Labute approximate surface area is 150 Å². The van der Waals surface area contributed by atoms with Crippen molar-refractivity contribution in [2.75, 3.05) is 7.05 Å². The van der Waals surface area contributed by atoms with Gasteiger partial charge in [-0.05, 0) is 36.5 Å². The van der Waals surface area contributed by atoms with Crippen LogP contribution in [0.1, 0.15) is 45.6 Å². The van der Waals surface area contributed by atoms with E-state index in [0.717, 1.165) is 36.1 Å². The van der Waals surface area contributed by atoms with Crippen molar-refractivity contribution < 1.29 is 4.79 Å². The molecule has 3 N–H and O–H groups in total. The summed E-state index contributed by atoms with van der Waals surface area (Å²) in [5.41, 5.74) is 9.21. The number of hydrogen-bond donors (Lipinski definition) is 2. The van der Waals surface area contributed by atoms with Gasteiger partial charge in [-0.3, -0.25) is 9.79 Å². The second-order valence-corrected chi connectivity index (χ2v) is 6.31. The summed E-state index contributed by atoms with van der Waals surface area (Å²) in [5.74, 6) is 0.0250. The molecule has 0 bridgehead atoms. The molecule has 0 aliphatic carbocycles. The van der Waals surface area contributed by atoms with Gasteiger partial charge < -0.3 is 11.1 Å². The minimum absolute atomic E-state index is 0.252. The first-order valence-corrected chi connectivity index (χ1v) is 8.80. The summed E-state index contributed by atoms with van der Waals surface area (Å²) < 4.78 is 0. The molecule has 1 amide bonds. The van der Waals surface area contributed by atoms with Crippen LogP contribution in [0.4, 0.5) is 0 Å². The lowest BCUT2D eigenvalue weighted by Crippen LogP contribution is -2.31. The molecule has 0 spiro atoms. The number of hydrogen-bond acceptors (Lipinski definition) is 3. The van der Waals surface area contributed by atoms with Crippen LogP contribution in [0.5, 0.6) is 0 Å². The minimum atomic E-state index is -0.252. The molecule has 1 unspecified atom stereocenters. The zero-order chi connectivity index (χ0) is 18.1. The van der Waals surface area contributed by atoms with Crippen LogP contribution in [0.25, 0.3) is 0 Å². The highest BCUT2D eigenvalue weighted by Gasteiger charge is 2.19. The molecule has 0 fully saturated rings. The molecule has 132 valence electrons. The number of carbonyl (C=O) groups excluding carboxylic acids is 1. The molecular formula is C19H28ClN3O. The lowest BCUT2D eigenvalue weighted by molar-refractivity contribution is -0.117. The number of rotatable bonds is 8. The molecule has 0 saturated carbocycles. The van der Waals surface area contributed by atoms with Crippen molar-refractivity contribution >= 4 is 23.2 Å². The summed E-state index contributed by atoms with van der Waals surface area (Å²) in [4.78, 5) is 16.8. The average molecular weight is 350 g/mol. The molecule has 0 aliphatic heterocycles.